The molecule has 2 aromatic rings. The van der Waals surface area contributed by atoms with Gasteiger partial charge in [-0.05, 0) is 41.8 Å². The first-order valence-corrected chi connectivity index (χ1v) is 6.52. The summed E-state index contributed by atoms with van der Waals surface area (Å²) in [6.07, 6.45) is 3.92. The van der Waals surface area contributed by atoms with Gasteiger partial charge in [0.1, 0.15) is 5.75 Å². The van der Waals surface area contributed by atoms with E-state index < -0.39 is 0 Å². The van der Waals surface area contributed by atoms with E-state index in [9.17, 15) is 9.90 Å². The third kappa shape index (κ3) is 1.95. The van der Waals surface area contributed by atoms with Crippen LogP contribution in [0, 0.1) is 0 Å². The second-order valence-electron chi connectivity index (χ2n) is 4.72. The lowest BCUT2D eigenvalue weighted by Crippen LogP contribution is -2.10. The van der Waals surface area contributed by atoms with E-state index in [0.29, 0.717) is 5.57 Å². The van der Waals surface area contributed by atoms with Crippen LogP contribution in [0.3, 0.4) is 0 Å². The lowest BCUT2D eigenvalue weighted by atomic mass is 9.84. The first-order valence-electron chi connectivity index (χ1n) is 6.52. The number of fused-ring (bicyclic) bond motifs is 1. The SMILES string of the molecule is CC=C1C=C(c2ccc(O)cc2)C(=O)c2ccccc21. The van der Waals surface area contributed by atoms with Crippen LogP contribution in [0.15, 0.2) is 60.7 Å². The van der Waals surface area contributed by atoms with Crippen LogP contribution in [0.25, 0.3) is 11.1 Å². The highest BCUT2D eigenvalue weighted by Gasteiger charge is 2.23. The van der Waals surface area contributed by atoms with Gasteiger partial charge in [-0.1, -0.05) is 42.5 Å². The number of carbonyl (C=O) groups excluding carboxylic acids is 1. The molecule has 0 fully saturated rings. The Kier molecular flexibility index (Phi) is 2.99. The third-order valence-corrected chi connectivity index (χ3v) is 3.52. The molecule has 98 valence electrons. The van der Waals surface area contributed by atoms with Crippen molar-refractivity contribution in [2.45, 2.75) is 6.92 Å². The summed E-state index contributed by atoms with van der Waals surface area (Å²) >= 11 is 0. The number of aromatic hydroxyl groups is 1. The first kappa shape index (κ1) is 12.4. The zero-order chi connectivity index (χ0) is 14.1. The van der Waals surface area contributed by atoms with Gasteiger partial charge in [0, 0.05) is 11.1 Å². The predicted octanol–water partition coefficient (Wildman–Crippen LogP) is 4.08. The van der Waals surface area contributed by atoms with Crippen molar-refractivity contribution in [3.63, 3.8) is 0 Å². The van der Waals surface area contributed by atoms with Crippen molar-refractivity contribution >= 4 is 16.9 Å². The number of benzene rings is 2. The Labute approximate surface area is 117 Å². The fourth-order valence-corrected chi connectivity index (χ4v) is 2.47. The summed E-state index contributed by atoms with van der Waals surface area (Å²) in [7, 11) is 0. The summed E-state index contributed by atoms with van der Waals surface area (Å²) in [5.41, 5.74) is 4.23. The standard InChI is InChI=1S/C18H14O2/c1-2-12-11-17(13-7-9-14(19)10-8-13)18(20)16-6-4-3-5-15(12)16/h2-11,19H,1H3. The smallest absolute Gasteiger partial charge is 0.194 e. The van der Waals surface area contributed by atoms with Crippen molar-refractivity contribution in [1.82, 2.24) is 0 Å². The lowest BCUT2D eigenvalue weighted by Gasteiger charge is -2.18. The number of phenols is 1. The fourth-order valence-electron chi connectivity index (χ4n) is 2.47. The first-order chi connectivity index (χ1) is 9.70. The van der Waals surface area contributed by atoms with Gasteiger partial charge in [0.15, 0.2) is 5.78 Å². The summed E-state index contributed by atoms with van der Waals surface area (Å²) in [5.74, 6) is 0.223. The molecule has 0 spiro atoms. The van der Waals surface area contributed by atoms with E-state index in [1.807, 2.05) is 43.3 Å². The Morgan fingerprint density at radius 2 is 1.60 bits per heavy atom. The molecule has 1 aliphatic rings. The van der Waals surface area contributed by atoms with Crippen LogP contribution in [0.5, 0.6) is 5.75 Å². The van der Waals surface area contributed by atoms with E-state index >= 15 is 0 Å². The zero-order valence-electron chi connectivity index (χ0n) is 11.1. The van der Waals surface area contributed by atoms with Crippen LogP contribution in [0.4, 0.5) is 0 Å². The lowest BCUT2D eigenvalue weighted by molar-refractivity contribution is 0.105. The summed E-state index contributed by atoms with van der Waals surface area (Å²) in [4.78, 5) is 12.6. The molecule has 2 aromatic carbocycles. The number of allylic oxidation sites excluding steroid dienone is 4. The molecule has 0 bridgehead atoms. The van der Waals surface area contributed by atoms with Crippen LogP contribution in [0.1, 0.15) is 28.4 Å². The van der Waals surface area contributed by atoms with Gasteiger partial charge in [-0.3, -0.25) is 4.79 Å². The summed E-state index contributed by atoms with van der Waals surface area (Å²) in [6, 6.07) is 14.4. The highest BCUT2D eigenvalue weighted by atomic mass is 16.3. The molecule has 0 heterocycles. The van der Waals surface area contributed by atoms with Crippen molar-refractivity contribution in [2.24, 2.45) is 0 Å². The van der Waals surface area contributed by atoms with E-state index in [1.165, 1.54) is 0 Å². The fraction of sp³-hybridized carbons (Fsp3) is 0.0556. The Balaban J connectivity index is 2.17. The molecule has 0 saturated heterocycles. The molecule has 0 atom stereocenters. The van der Waals surface area contributed by atoms with Gasteiger partial charge in [0.25, 0.3) is 0 Å². The highest BCUT2D eigenvalue weighted by Crippen LogP contribution is 2.34. The average molecular weight is 262 g/mol. The molecule has 20 heavy (non-hydrogen) atoms. The van der Waals surface area contributed by atoms with E-state index in [2.05, 4.69) is 0 Å². The second kappa shape index (κ2) is 4.82. The number of phenolic OH excluding ortho intramolecular Hbond substituents is 1. The number of Topliss-reactive ketones (excluding diaryl/α,β-unsaturated/α-hetero) is 1. The maximum Gasteiger partial charge on any atom is 0.194 e. The molecule has 0 radical (unpaired) electrons. The molecule has 1 aliphatic carbocycles. The average Bonchev–Trinajstić information content (AvgIpc) is 2.49. The van der Waals surface area contributed by atoms with Crippen molar-refractivity contribution in [1.29, 1.82) is 0 Å². The molecule has 0 amide bonds. The van der Waals surface area contributed by atoms with Crippen LogP contribution < -0.4 is 0 Å². The predicted molar refractivity (Wildman–Crippen MR) is 80.5 cm³/mol. The van der Waals surface area contributed by atoms with Crippen molar-refractivity contribution in [3.8, 4) is 5.75 Å². The Bertz CT molecular complexity index is 734. The van der Waals surface area contributed by atoms with E-state index in [4.69, 9.17) is 0 Å². The molecular weight excluding hydrogens is 248 g/mol. The maximum atomic E-state index is 12.6. The monoisotopic (exact) mass is 262 g/mol. The molecule has 0 aromatic heterocycles. The van der Waals surface area contributed by atoms with Crippen LogP contribution in [-0.2, 0) is 0 Å². The van der Waals surface area contributed by atoms with Gasteiger partial charge < -0.3 is 5.11 Å². The van der Waals surface area contributed by atoms with Crippen molar-refractivity contribution in [3.05, 3.63) is 77.4 Å². The van der Waals surface area contributed by atoms with E-state index in [0.717, 1.165) is 22.3 Å². The molecule has 2 heteroatoms. The number of carbonyl (C=O) groups is 1. The topological polar surface area (TPSA) is 37.3 Å². The minimum absolute atomic E-state index is 0.0249. The van der Waals surface area contributed by atoms with Gasteiger partial charge in [-0.2, -0.15) is 0 Å². The second-order valence-corrected chi connectivity index (χ2v) is 4.72. The maximum absolute atomic E-state index is 12.6. The quantitative estimate of drug-likeness (QED) is 0.841. The van der Waals surface area contributed by atoms with Gasteiger partial charge >= 0.3 is 0 Å². The zero-order valence-corrected chi connectivity index (χ0v) is 11.1. The highest BCUT2D eigenvalue weighted by molar-refractivity contribution is 6.33. The minimum atomic E-state index is 0.0249. The third-order valence-electron chi connectivity index (χ3n) is 3.52. The van der Waals surface area contributed by atoms with Crippen molar-refractivity contribution < 1.29 is 9.90 Å². The molecule has 0 saturated carbocycles. The largest absolute Gasteiger partial charge is 0.508 e. The van der Waals surface area contributed by atoms with Gasteiger partial charge in [0.2, 0.25) is 0 Å². The Morgan fingerprint density at radius 3 is 2.25 bits per heavy atom. The number of hydrogen-bond acceptors (Lipinski definition) is 2. The van der Waals surface area contributed by atoms with Crippen LogP contribution >= 0.6 is 0 Å². The molecule has 1 N–H and O–H groups in total. The number of ketones is 1. The normalized spacial score (nSPS) is 15.9. The summed E-state index contributed by atoms with van der Waals surface area (Å²) < 4.78 is 0. The van der Waals surface area contributed by atoms with Crippen LogP contribution in [0.2, 0.25) is 0 Å². The number of hydrogen-bond donors (Lipinski definition) is 1. The van der Waals surface area contributed by atoms with E-state index in [1.54, 1.807) is 24.3 Å². The molecule has 0 unspecified atom stereocenters. The molecule has 2 nitrogen and oxygen atoms in total. The summed E-state index contributed by atoms with van der Waals surface area (Å²) in [5, 5.41) is 9.36. The van der Waals surface area contributed by atoms with Gasteiger partial charge in [-0.15, -0.1) is 0 Å². The van der Waals surface area contributed by atoms with Gasteiger partial charge in [0.05, 0.1) is 0 Å². The number of rotatable bonds is 1. The van der Waals surface area contributed by atoms with E-state index in [-0.39, 0.29) is 11.5 Å². The van der Waals surface area contributed by atoms with Crippen molar-refractivity contribution in [2.75, 3.05) is 0 Å². The molecule has 0 aliphatic heterocycles. The van der Waals surface area contributed by atoms with Gasteiger partial charge in [-0.25, -0.2) is 0 Å². The Morgan fingerprint density at radius 1 is 0.950 bits per heavy atom. The summed E-state index contributed by atoms with van der Waals surface area (Å²) in [6.45, 7) is 1.97. The Hall–Kier alpha value is -2.61. The van der Waals surface area contributed by atoms with Crippen LogP contribution in [-0.4, -0.2) is 10.9 Å². The minimum Gasteiger partial charge on any atom is -0.508 e. The molecule has 3 rings (SSSR count). The molecular formula is C18H14O2.